The summed E-state index contributed by atoms with van der Waals surface area (Å²) in [6.07, 6.45) is 7.30. The van der Waals surface area contributed by atoms with E-state index in [4.69, 9.17) is 0 Å². The van der Waals surface area contributed by atoms with Crippen LogP contribution in [0.3, 0.4) is 0 Å². The maximum absolute atomic E-state index is 3.27. The first-order chi connectivity index (χ1) is 5.36. The highest BCUT2D eigenvalue weighted by Crippen LogP contribution is 2.32. The lowest BCUT2D eigenvalue weighted by molar-refractivity contribution is 0.243. The maximum Gasteiger partial charge on any atom is -0.00235 e. The number of hydrogen-bond donors (Lipinski definition) is 1. The van der Waals surface area contributed by atoms with E-state index < -0.39 is 0 Å². The molecule has 0 aliphatic heterocycles. The van der Waals surface area contributed by atoms with Crippen LogP contribution in [0.15, 0.2) is 0 Å². The number of hydrogen-bond acceptors (Lipinski definition) is 1. The molecule has 1 N–H and O–H groups in total. The van der Waals surface area contributed by atoms with E-state index in [2.05, 4.69) is 19.3 Å². The minimum absolute atomic E-state index is 0.935. The first kappa shape index (κ1) is 9.05. The second-order valence-corrected chi connectivity index (χ2v) is 3.86. The fraction of sp³-hybridized carbons (Fsp3) is 1.00. The molecular weight excluding hydrogens is 134 g/mol. The Morgan fingerprint density at radius 3 is 2.55 bits per heavy atom. The summed E-state index contributed by atoms with van der Waals surface area (Å²) in [7, 11) is 2.06. The zero-order valence-electron chi connectivity index (χ0n) is 7.90. The molecular formula is C10H21N. The summed E-state index contributed by atoms with van der Waals surface area (Å²) in [6, 6.07) is 0. The van der Waals surface area contributed by atoms with E-state index in [1.807, 2.05) is 0 Å². The summed E-state index contributed by atoms with van der Waals surface area (Å²) in [5.74, 6) is 2.01. The predicted octanol–water partition coefficient (Wildman–Crippen LogP) is 2.42. The van der Waals surface area contributed by atoms with Gasteiger partial charge in [0, 0.05) is 0 Å². The number of nitrogens with one attached hydrogen (secondary N) is 1. The van der Waals surface area contributed by atoms with Crippen LogP contribution in [0.5, 0.6) is 0 Å². The minimum Gasteiger partial charge on any atom is -0.319 e. The van der Waals surface area contributed by atoms with Gasteiger partial charge in [-0.25, -0.2) is 0 Å². The molecule has 0 aromatic heterocycles. The quantitative estimate of drug-likeness (QED) is 0.643. The lowest BCUT2D eigenvalue weighted by atomic mass is 9.78. The van der Waals surface area contributed by atoms with Gasteiger partial charge in [-0.3, -0.25) is 0 Å². The molecule has 0 heterocycles. The van der Waals surface area contributed by atoms with Gasteiger partial charge in [-0.2, -0.15) is 0 Å². The molecule has 0 saturated heterocycles. The summed E-state index contributed by atoms with van der Waals surface area (Å²) in [5.41, 5.74) is 0. The van der Waals surface area contributed by atoms with Crippen molar-refractivity contribution < 1.29 is 0 Å². The molecule has 1 unspecified atom stereocenters. The van der Waals surface area contributed by atoms with Crippen molar-refractivity contribution in [3.05, 3.63) is 0 Å². The average molecular weight is 155 g/mol. The Labute approximate surface area is 70.6 Å². The van der Waals surface area contributed by atoms with Gasteiger partial charge in [-0.05, 0) is 31.8 Å². The highest BCUT2D eigenvalue weighted by atomic mass is 14.8. The molecule has 1 nitrogen and oxygen atoms in total. The molecule has 1 saturated carbocycles. The van der Waals surface area contributed by atoms with E-state index in [1.54, 1.807) is 0 Å². The van der Waals surface area contributed by atoms with Gasteiger partial charge < -0.3 is 5.32 Å². The molecule has 66 valence electrons. The Balaban J connectivity index is 2.08. The molecule has 0 aromatic carbocycles. The van der Waals surface area contributed by atoms with Crippen LogP contribution in [0, 0.1) is 11.8 Å². The van der Waals surface area contributed by atoms with Crippen LogP contribution in [-0.2, 0) is 0 Å². The van der Waals surface area contributed by atoms with Crippen molar-refractivity contribution in [3.8, 4) is 0 Å². The van der Waals surface area contributed by atoms with Gasteiger partial charge in [0.1, 0.15) is 0 Å². The van der Waals surface area contributed by atoms with Gasteiger partial charge in [-0.1, -0.05) is 32.6 Å². The third-order valence-electron chi connectivity index (χ3n) is 2.96. The van der Waals surface area contributed by atoms with Crippen LogP contribution in [-0.4, -0.2) is 13.6 Å². The summed E-state index contributed by atoms with van der Waals surface area (Å²) in [6.45, 7) is 3.52. The van der Waals surface area contributed by atoms with Crippen molar-refractivity contribution in [1.29, 1.82) is 0 Å². The summed E-state index contributed by atoms with van der Waals surface area (Å²) >= 11 is 0. The minimum atomic E-state index is 0.935. The lowest BCUT2D eigenvalue weighted by Crippen LogP contribution is -2.23. The van der Waals surface area contributed by atoms with E-state index in [0.717, 1.165) is 11.8 Å². The highest BCUT2D eigenvalue weighted by molar-refractivity contribution is 4.73. The van der Waals surface area contributed by atoms with Gasteiger partial charge in [-0.15, -0.1) is 0 Å². The van der Waals surface area contributed by atoms with Crippen molar-refractivity contribution in [2.75, 3.05) is 13.6 Å². The average Bonchev–Trinajstić information content (AvgIpc) is 1.94. The zero-order valence-corrected chi connectivity index (χ0v) is 7.90. The van der Waals surface area contributed by atoms with Crippen LogP contribution < -0.4 is 5.32 Å². The van der Waals surface area contributed by atoms with E-state index in [0.29, 0.717) is 0 Å². The molecule has 1 aliphatic rings. The van der Waals surface area contributed by atoms with Crippen LogP contribution in [0.4, 0.5) is 0 Å². The standard InChI is InChI=1S/C10H21N/c1-3-9(8-11-2)7-10-5-4-6-10/h9-11H,3-8H2,1-2H3. The third kappa shape index (κ3) is 2.82. The van der Waals surface area contributed by atoms with Gasteiger partial charge in [0.15, 0.2) is 0 Å². The fourth-order valence-corrected chi connectivity index (χ4v) is 1.88. The van der Waals surface area contributed by atoms with Gasteiger partial charge in [0.25, 0.3) is 0 Å². The molecule has 1 fully saturated rings. The van der Waals surface area contributed by atoms with E-state index in [1.165, 1.54) is 38.6 Å². The maximum atomic E-state index is 3.27. The lowest BCUT2D eigenvalue weighted by Gasteiger charge is -2.29. The molecule has 0 aromatic rings. The summed E-state index contributed by atoms with van der Waals surface area (Å²) in [4.78, 5) is 0. The van der Waals surface area contributed by atoms with Gasteiger partial charge in [0.05, 0.1) is 0 Å². The fourth-order valence-electron chi connectivity index (χ4n) is 1.88. The molecule has 0 radical (unpaired) electrons. The number of rotatable bonds is 5. The van der Waals surface area contributed by atoms with Crippen molar-refractivity contribution in [2.24, 2.45) is 11.8 Å². The van der Waals surface area contributed by atoms with Crippen molar-refractivity contribution in [3.63, 3.8) is 0 Å². The van der Waals surface area contributed by atoms with Crippen molar-refractivity contribution >= 4 is 0 Å². The highest BCUT2D eigenvalue weighted by Gasteiger charge is 2.20. The molecule has 1 rings (SSSR count). The molecule has 0 bridgehead atoms. The largest absolute Gasteiger partial charge is 0.319 e. The van der Waals surface area contributed by atoms with Crippen molar-refractivity contribution in [2.45, 2.75) is 39.0 Å². The van der Waals surface area contributed by atoms with Crippen LogP contribution >= 0.6 is 0 Å². The zero-order chi connectivity index (χ0) is 8.10. The monoisotopic (exact) mass is 155 g/mol. The van der Waals surface area contributed by atoms with Crippen molar-refractivity contribution in [1.82, 2.24) is 5.32 Å². The Morgan fingerprint density at radius 1 is 1.45 bits per heavy atom. The molecule has 1 heteroatoms. The molecule has 11 heavy (non-hydrogen) atoms. The van der Waals surface area contributed by atoms with E-state index in [-0.39, 0.29) is 0 Å². The second kappa shape index (κ2) is 4.76. The summed E-state index contributed by atoms with van der Waals surface area (Å²) < 4.78 is 0. The Morgan fingerprint density at radius 2 is 2.18 bits per heavy atom. The second-order valence-electron chi connectivity index (χ2n) is 3.86. The Kier molecular flexibility index (Phi) is 3.92. The molecule has 0 spiro atoms. The van der Waals surface area contributed by atoms with Crippen LogP contribution in [0.1, 0.15) is 39.0 Å². The Bertz CT molecular complexity index is 97.0. The van der Waals surface area contributed by atoms with E-state index >= 15 is 0 Å². The predicted molar refractivity (Wildman–Crippen MR) is 49.7 cm³/mol. The first-order valence-electron chi connectivity index (χ1n) is 5.01. The van der Waals surface area contributed by atoms with E-state index in [9.17, 15) is 0 Å². The topological polar surface area (TPSA) is 12.0 Å². The van der Waals surface area contributed by atoms with Crippen LogP contribution in [0.25, 0.3) is 0 Å². The third-order valence-corrected chi connectivity index (χ3v) is 2.96. The molecule has 1 atom stereocenters. The SMILES string of the molecule is CCC(CNC)CC1CCC1. The smallest absolute Gasteiger partial charge is 0.00235 e. The normalized spacial score (nSPS) is 21.3. The molecule has 0 amide bonds. The van der Waals surface area contributed by atoms with Gasteiger partial charge in [0.2, 0.25) is 0 Å². The summed E-state index contributed by atoms with van der Waals surface area (Å²) in [5, 5.41) is 3.27. The van der Waals surface area contributed by atoms with Gasteiger partial charge >= 0.3 is 0 Å². The first-order valence-corrected chi connectivity index (χ1v) is 5.01. The Hall–Kier alpha value is -0.0400. The van der Waals surface area contributed by atoms with Crippen LogP contribution in [0.2, 0.25) is 0 Å². The molecule has 1 aliphatic carbocycles.